The van der Waals surface area contributed by atoms with Gasteiger partial charge in [0, 0.05) is 10.7 Å². The quantitative estimate of drug-likeness (QED) is 0.686. The Labute approximate surface area is 135 Å². The zero-order valence-electron chi connectivity index (χ0n) is 11.5. The highest BCUT2D eigenvalue weighted by Crippen LogP contribution is 2.22. The van der Waals surface area contributed by atoms with Crippen LogP contribution < -0.4 is 4.74 Å². The zero-order chi connectivity index (χ0) is 14.8. The summed E-state index contributed by atoms with van der Waals surface area (Å²) in [7, 11) is 0. The van der Waals surface area contributed by atoms with Gasteiger partial charge in [-0.3, -0.25) is 4.57 Å². The Balaban J connectivity index is 2.04. The van der Waals surface area contributed by atoms with Gasteiger partial charge in [0.05, 0.1) is 17.8 Å². The second-order valence-corrected chi connectivity index (χ2v) is 5.94. The van der Waals surface area contributed by atoms with Gasteiger partial charge < -0.3 is 9.72 Å². The van der Waals surface area contributed by atoms with E-state index < -0.39 is 0 Å². The van der Waals surface area contributed by atoms with E-state index in [1.54, 1.807) is 6.20 Å². The Bertz CT molecular complexity index is 823. The number of benzene rings is 1. The van der Waals surface area contributed by atoms with E-state index >= 15 is 0 Å². The lowest BCUT2D eigenvalue weighted by molar-refractivity contribution is 0.317. The number of ether oxygens (including phenoxy) is 1. The highest BCUT2D eigenvalue weighted by atomic mass is 79.9. The molecule has 1 aromatic carbocycles. The summed E-state index contributed by atoms with van der Waals surface area (Å²) in [5.41, 5.74) is 2.68. The molecular weight excluding hydrogens is 350 g/mol. The topological polar surface area (TPSA) is 42.8 Å². The van der Waals surface area contributed by atoms with E-state index in [2.05, 4.69) is 32.8 Å². The third kappa shape index (κ3) is 2.87. The fraction of sp³-hybridized carbons (Fsp3) is 0.200. The van der Waals surface area contributed by atoms with Crippen LogP contribution in [0.1, 0.15) is 13.3 Å². The van der Waals surface area contributed by atoms with Crippen molar-refractivity contribution in [3.8, 4) is 11.4 Å². The predicted molar refractivity (Wildman–Crippen MR) is 89.7 cm³/mol. The smallest absolute Gasteiger partial charge is 0.183 e. The second kappa shape index (κ2) is 5.99. The number of nitrogens with zero attached hydrogens (tertiary/aromatic N) is 2. The van der Waals surface area contributed by atoms with Crippen molar-refractivity contribution in [2.75, 3.05) is 6.61 Å². The molecule has 0 amide bonds. The van der Waals surface area contributed by atoms with E-state index in [4.69, 9.17) is 17.0 Å². The van der Waals surface area contributed by atoms with Gasteiger partial charge in [0.2, 0.25) is 0 Å². The van der Waals surface area contributed by atoms with E-state index in [1.165, 1.54) is 0 Å². The van der Waals surface area contributed by atoms with Crippen molar-refractivity contribution in [1.82, 2.24) is 14.5 Å². The van der Waals surface area contributed by atoms with Crippen LogP contribution in [0.2, 0.25) is 0 Å². The van der Waals surface area contributed by atoms with Crippen LogP contribution in [-0.4, -0.2) is 21.1 Å². The first-order valence-corrected chi connectivity index (χ1v) is 7.88. The van der Waals surface area contributed by atoms with E-state index in [0.29, 0.717) is 4.77 Å². The van der Waals surface area contributed by atoms with Crippen LogP contribution in [-0.2, 0) is 0 Å². The number of rotatable bonds is 4. The van der Waals surface area contributed by atoms with Gasteiger partial charge in [-0.05, 0) is 64.9 Å². The third-order valence-electron chi connectivity index (χ3n) is 3.06. The Kier molecular flexibility index (Phi) is 4.07. The molecule has 6 heteroatoms. The molecule has 3 rings (SSSR count). The van der Waals surface area contributed by atoms with Crippen LogP contribution in [0.15, 0.2) is 41.0 Å². The largest absolute Gasteiger partial charge is 0.494 e. The van der Waals surface area contributed by atoms with Crippen LogP contribution >= 0.6 is 28.1 Å². The second-order valence-electron chi connectivity index (χ2n) is 4.63. The maximum Gasteiger partial charge on any atom is 0.183 e. The number of pyridine rings is 1. The Hall–Kier alpha value is -1.66. The molecule has 0 radical (unpaired) electrons. The van der Waals surface area contributed by atoms with Gasteiger partial charge >= 0.3 is 0 Å². The molecule has 0 saturated carbocycles. The van der Waals surface area contributed by atoms with Crippen molar-refractivity contribution in [2.45, 2.75) is 13.3 Å². The number of hydrogen-bond donors (Lipinski definition) is 1. The number of nitrogens with one attached hydrogen (secondary N) is 1. The number of imidazole rings is 1. The molecule has 2 heterocycles. The van der Waals surface area contributed by atoms with Gasteiger partial charge in [0.15, 0.2) is 10.4 Å². The SMILES string of the molecule is CCCOc1ccc(-n2c(=S)[nH]c3cc(Br)cnc32)cc1. The Morgan fingerprint density at radius 3 is 2.81 bits per heavy atom. The molecule has 0 aliphatic rings. The first-order valence-electron chi connectivity index (χ1n) is 6.68. The Morgan fingerprint density at radius 1 is 1.33 bits per heavy atom. The standard InChI is InChI=1S/C15H14BrN3OS/c1-2-7-20-12-5-3-11(4-6-12)19-14-13(18-15(19)21)8-10(16)9-17-14/h3-6,8-9H,2,7H2,1H3,(H,18,21). The highest BCUT2D eigenvalue weighted by molar-refractivity contribution is 9.10. The molecule has 0 aliphatic heterocycles. The van der Waals surface area contributed by atoms with Crippen LogP contribution in [0.5, 0.6) is 5.75 Å². The van der Waals surface area contributed by atoms with E-state index in [-0.39, 0.29) is 0 Å². The van der Waals surface area contributed by atoms with Crippen molar-refractivity contribution >= 4 is 39.3 Å². The predicted octanol–water partition coefficient (Wildman–Crippen LogP) is 4.63. The van der Waals surface area contributed by atoms with Gasteiger partial charge in [0.25, 0.3) is 0 Å². The molecule has 21 heavy (non-hydrogen) atoms. The molecule has 0 saturated heterocycles. The average molecular weight is 364 g/mol. The van der Waals surface area contributed by atoms with Crippen LogP contribution in [0.3, 0.4) is 0 Å². The molecule has 108 valence electrons. The maximum atomic E-state index is 5.60. The zero-order valence-corrected chi connectivity index (χ0v) is 13.9. The minimum Gasteiger partial charge on any atom is -0.494 e. The molecule has 2 aromatic heterocycles. The van der Waals surface area contributed by atoms with E-state index in [1.807, 2.05) is 34.9 Å². The summed E-state index contributed by atoms with van der Waals surface area (Å²) in [6, 6.07) is 9.83. The van der Waals surface area contributed by atoms with Gasteiger partial charge in [-0.25, -0.2) is 4.98 Å². The summed E-state index contributed by atoms with van der Waals surface area (Å²) in [6.45, 7) is 2.81. The number of aromatic nitrogens is 3. The fourth-order valence-corrected chi connectivity index (χ4v) is 2.75. The number of hydrogen-bond acceptors (Lipinski definition) is 3. The lowest BCUT2D eigenvalue weighted by atomic mass is 10.3. The molecule has 0 spiro atoms. The van der Waals surface area contributed by atoms with Crippen LogP contribution in [0, 0.1) is 4.77 Å². The lowest BCUT2D eigenvalue weighted by Gasteiger charge is -2.07. The van der Waals surface area contributed by atoms with Gasteiger partial charge in [0.1, 0.15) is 5.75 Å². The van der Waals surface area contributed by atoms with Crippen molar-refractivity contribution in [1.29, 1.82) is 0 Å². The molecule has 0 aliphatic carbocycles. The van der Waals surface area contributed by atoms with Gasteiger partial charge in [-0.2, -0.15) is 0 Å². The summed E-state index contributed by atoms with van der Waals surface area (Å²) >= 11 is 8.82. The molecule has 3 aromatic rings. The molecule has 0 fully saturated rings. The molecule has 0 bridgehead atoms. The highest BCUT2D eigenvalue weighted by Gasteiger charge is 2.08. The number of fused-ring (bicyclic) bond motifs is 1. The lowest BCUT2D eigenvalue weighted by Crippen LogP contribution is -1.97. The fourth-order valence-electron chi connectivity index (χ4n) is 2.12. The summed E-state index contributed by atoms with van der Waals surface area (Å²) in [4.78, 5) is 7.61. The molecule has 4 nitrogen and oxygen atoms in total. The van der Waals surface area contributed by atoms with Crippen molar-refractivity contribution in [2.24, 2.45) is 0 Å². The van der Waals surface area contributed by atoms with E-state index in [9.17, 15) is 0 Å². The van der Waals surface area contributed by atoms with Crippen molar-refractivity contribution < 1.29 is 4.74 Å². The van der Waals surface area contributed by atoms with Crippen molar-refractivity contribution in [3.05, 3.63) is 45.8 Å². The minimum atomic E-state index is 0.623. The van der Waals surface area contributed by atoms with Gasteiger partial charge in [-0.1, -0.05) is 6.92 Å². The molecular formula is C15H14BrN3OS. The number of halogens is 1. The molecule has 0 unspecified atom stereocenters. The summed E-state index contributed by atoms with van der Waals surface area (Å²) in [6.07, 6.45) is 2.76. The Morgan fingerprint density at radius 2 is 2.10 bits per heavy atom. The van der Waals surface area contributed by atoms with Crippen LogP contribution in [0.25, 0.3) is 16.9 Å². The summed E-state index contributed by atoms with van der Waals surface area (Å²) in [5, 5.41) is 0. The maximum absolute atomic E-state index is 5.60. The third-order valence-corrected chi connectivity index (χ3v) is 3.78. The first-order chi connectivity index (χ1) is 10.2. The van der Waals surface area contributed by atoms with Crippen LogP contribution in [0.4, 0.5) is 0 Å². The molecule has 1 N–H and O–H groups in total. The monoisotopic (exact) mass is 363 g/mol. The van der Waals surface area contributed by atoms with E-state index in [0.717, 1.165) is 40.1 Å². The number of H-pyrrole nitrogens is 1. The normalized spacial score (nSPS) is 11.0. The van der Waals surface area contributed by atoms with Crippen molar-refractivity contribution in [3.63, 3.8) is 0 Å². The summed E-state index contributed by atoms with van der Waals surface area (Å²) < 4.78 is 9.05. The summed E-state index contributed by atoms with van der Waals surface area (Å²) in [5.74, 6) is 0.864. The molecule has 0 atom stereocenters. The number of aromatic amines is 1. The van der Waals surface area contributed by atoms with Gasteiger partial charge in [-0.15, -0.1) is 0 Å². The first kappa shape index (κ1) is 14.3. The average Bonchev–Trinajstić information content (AvgIpc) is 2.80. The minimum absolute atomic E-state index is 0.623.